The highest BCUT2D eigenvalue weighted by atomic mass is 16.5. The van der Waals surface area contributed by atoms with Gasteiger partial charge in [-0.25, -0.2) is 4.79 Å². The smallest absolute Gasteiger partial charge is 0.338 e. The van der Waals surface area contributed by atoms with Crippen LogP contribution in [0.3, 0.4) is 0 Å². The first-order valence-corrected chi connectivity index (χ1v) is 7.81. The summed E-state index contributed by atoms with van der Waals surface area (Å²) in [6.07, 6.45) is 1.06. The molecule has 0 saturated heterocycles. The fourth-order valence-electron chi connectivity index (χ4n) is 2.52. The van der Waals surface area contributed by atoms with Crippen LogP contribution in [0.4, 0.5) is 0 Å². The molecule has 1 amide bonds. The van der Waals surface area contributed by atoms with Gasteiger partial charge in [-0.3, -0.25) is 4.79 Å². The van der Waals surface area contributed by atoms with E-state index in [1.54, 1.807) is 12.1 Å². The zero-order valence-electron chi connectivity index (χ0n) is 13.4. The Kier molecular flexibility index (Phi) is 4.36. The van der Waals surface area contributed by atoms with E-state index >= 15 is 0 Å². The third-order valence-electron chi connectivity index (χ3n) is 4.20. The van der Waals surface area contributed by atoms with Crippen LogP contribution >= 0.6 is 0 Å². The highest BCUT2D eigenvalue weighted by Crippen LogP contribution is 2.35. The third kappa shape index (κ3) is 3.31. The maximum atomic E-state index is 11.9. The molecule has 0 aromatic heterocycles. The van der Waals surface area contributed by atoms with Crippen molar-refractivity contribution in [2.45, 2.75) is 25.0 Å². The highest BCUT2D eigenvalue weighted by molar-refractivity contribution is 5.97. The van der Waals surface area contributed by atoms with Gasteiger partial charge in [-0.1, -0.05) is 42.5 Å². The van der Waals surface area contributed by atoms with Gasteiger partial charge in [-0.15, -0.1) is 0 Å². The summed E-state index contributed by atoms with van der Waals surface area (Å²) in [4.78, 5) is 23.6. The Morgan fingerprint density at radius 3 is 2.42 bits per heavy atom. The quantitative estimate of drug-likeness (QED) is 0.827. The number of methoxy groups -OCH3 is 1. The van der Waals surface area contributed by atoms with E-state index in [2.05, 4.69) is 5.32 Å². The number of carbonyl (C=O) groups is 2. The molecule has 1 aliphatic carbocycles. The summed E-state index contributed by atoms with van der Waals surface area (Å²) in [5.41, 5.74) is 1.97. The SMILES string of the molecule is COC(=O)c1ccccc1-c1ccc(CNC(=O)C2(O)CC2)cc1. The van der Waals surface area contributed by atoms with E-state index in [4.69, 9.17) is 4.74 Å². The number of aliphatic hydroxyl groups is 1. The van der Waals surface area contributed by atoms with Crippen LogP contribution in [0.2, 0.25) is 0 Å². The van der Waals surface area contributed by atoms with Crippen molar-refractivity contribution < 1.29 is 19.4 Å². The van der Waals surface area contributed by atoms with Crippen LogP contribution in [0.1, 0.15) is 28.8 Å². The highest BCUT2D eigenvalue weighted by Gasteiger charge is 2.47. The normalized spacial score (nSPS) is 14.8. The molecule has 0 heterocycles. The summed E-state index contributed by atoms with van der Waals surface area (Å²) in [5.74, 6) is -0.692. The average molecular weight is 325 g/mol. The zero-order valence-corrected chi connectivity index (χ0v) is 13.4. The van der Waals surface area contributed by atoms with E-state index in [-0.39, 0.29) is 11.9 Å². The molecule has 1 saturated carbocycles. The van der Waals surface area contributed by atoms with Gasteiger partial charge in [0.25, 0.3) is 5.91 Å². The van der Waals surface area contributed by atoms with Crippen LogP contribution in [0.5, 0.6) is 0 Å². The predicted molar refractivity (Wildman–Crippen MR) is 89.2 cm³/mol. The fourth-order valence-corrected chi connectivity index (χ4v) is 2.52. The second-order valence-corrected chi connectivity index (χ2v) is 5.95. The van der Waals surface area contributed by atoms with Gasteiger partial charge < -0.3 is 15.2 Å². The first kappa shape index (κ1) is 16.2. The Labute approximate surface area is 140 Å². The van der Waals surface area contributed by atoms with Gasteiger partial charge >= 0.3 is 5.97 Å². The van der Waals surface area contributed by atoms with Gasteiger partial charge in [0.05, 0.1) is 12.7 Å². The number of nitrogens with one attached hydrogen (secondary N) is 1. The van der Waals surface area contributed by atoms with E-state index in [1.807, 2.05) is 36.4 Å². The number of hydrogen-bond donors (Lipinski definition) is 2. The van der Waals surface area contributed by atoms with Crippen molar-refractivity contribution in [3.05, 3.63) is 59.7 Å². The molecule has 0 aliphatic heterocycles. The van der Waals surface area contributed by atoms with Crippen LogP contribution in [-0.2, 0) is 16.1 Å². The second kappa shape index (κ2) is 6.45. The Morgan fingerprint density at radius 1 is 1.12 bits per heavy atom. The zero-order chi connectivity index (χ0) is 17.2. The molecule has 24 heavy (non-hydrogen) atoms. The maximum Gasteiger partial charge on any atom is 0.338 e. The summed E-state index contributed by atoms with van der Waals surface area (Å²) < 4.78 is 4.81. The molecule has 0 radical (unpaired) electrons. The van der Waals surface area contributed by atoms with Crippen LogP contribution in [0, 0.1) is 0 Å². The Hall–Kier alpha value is -2.66. The summed E-state index contributed by atoms with van der Waals surface area (Å²) in [5, 5.41) is 12.5. The van der Waals surface area contributed by atoms with E-state index in [0.29, 0.717) is 24.9 Å². The lowest BCUT2D eigenvalue weighted by Gasteiger charge is -2.11. The molecule has 2 aromatic carbocycles. The molecule has 1 fully saturated rings. The molecular formula is C19H19NO4. The molecule has 124 valence electrons. The van der Waals surface area contributed by atoms with Crippen molar-refractivity contribution in [2.24, 2.45) is 0 Å². The summed E-state index contributed by atoms with van der Waals surface area (Å²) in [6.45, 7) is 0.361. The van der Waals surface area contributed by atoms with Crippen molar-refractivity contribution in [1.29, 1.82) is 0 Å². The van der Waals surface area contributed by atoms with Crippen molar-refractivity contribution in [2.75, 3.05) is 7.11 Å². The molecule has 5 nitrogen and oxygen atoms in total. The van der Waals surface area contributed by atoms with E-state index < -0.39 is 5.60 Å². The Bertz CT molecular complexity index is 763. The maximum absolute atomic E-state index is 11.9. The van der Waals surface area contributed by atoms with Crippen LogP contribution in [0.15, 0.2) is 48.5 Å². The summed E-state index contributed by atoms with van der Waals surface area (Å²) in [6, 6.07) is 14.8. The van der Waals surface area contributed by atoms with Crippen molar-refractivity contribution in [3.63, 3.8) is 0 Å². The lowest BCUT2D eigenvalue weighted by atomic mass is 9.98. The molecule has 0 bridgehead atoms. The van der Waals surface area contributed by atoms with Crippen molar-refractivity contribution in [1.82, 2.24) is 5.32 Å². The monoisotopic (exact) mass is 325 g/mol. The van der Waals surface area contributed by atoms with Gasteiger partial charge in [0.15, 0.2) is 0 Å². The van der Waals surface area contributed by atoms with E-state index in [1.165, 1.54) is 7.11 Å². The van der Waals surface area contributed by atoms with Gasteiger partial charge in [-0.2, -0.15) is 0 Å². The van der Waals surface area contributed by atoms with Crippen molar-refractivity contribution in [3.8, 4) is 11.1 Å². The van der Waals surface area contributed by atoms with Crippen molar-refractivity contribution >= 4 is 11.9 Å². The topological polar surface area (TPSA) is 75.6 Å². The average Bonchev–Trinajstić information content (AvgIpc) is 3.38. The van der Waals surface area contributed by atoms with Crippen LogP contribution in [-0.4, -0.2) is 29.7 Å². The van der Waals surface area contributed by atoms with Gasteiger partial charge in [-0.05, 0) is 35.6 Å². The number of carbonyl (C=O) groups excluding carboxylic acids is 2. The molecule has 2 N–H and O–H groups in total. The molecular weight excluding hydrogens is 306 g/mol. The number of benzene rings is 2. The standard InChI is InChI=1S/C19H19NO4/c1-24-17(21)16-5-3-2-4-15(16)14-8-6-13(7-9-14)12-20-18(22)19(23)10-11-19/h2-9,23H,10-12H2,1H3,(H,20,22). The summed E-state index contributed by atoms with van der Waals surface area (Å²) in [7, 11) is 1.36. The number of hydrogen-bond acceptors (Lipinski definition) is 4. The minimum atomic E-state index is -1.15. The summed E-state index contributed by atoms with van der Waals surface area (Å²) >= 11 is 0. The number of amides is 1. The molecule has 3 rings (SSSR count). The number of rotatable bonds is 5. The third-order valence-corrected chi connectivity index (χ3v) is 4.20. The molecule has 0 spiro atoms. The Balaban J connectivity index is 1.73. The second-order valence-electron chi connectivity index (χ2n) is 5.95. The minimum absolute atomic E-state index is 0.317. The van der Waals surface area contributed by atoms with Crippen LogP contribution in [0.25, 0.3) is 11.1 Å². The van der Waals surface area contributed by atoms with Gasteiger partial charge in [0.2, 0.25) is 0 Å². The minimum Gasteiger partial charge on any atom is -0.465 e. The predicted octanol–water partition coefficient (Wildman–Crippen LogP) is 2.28. The van der Waals surface area contributed by atoms with Gasteiger partial charge in [0, 0.05) is 6.54 Å². The lowest BCUT2D eigenvalue weighted by Crippen LogP contribution is -2.35. The van der Waals surface area contributed by atoms with E-state index in [9.17, 15) is 14.7 Å². The fraction of sp³-hybridized carbons (Fsp3) is 0.263. The molecule has 5 heteroatoms. The lowest BCUT2D eigenvalue weighted by molar-refractivity contribution is -0.131. The van der Waals surface area contributed by atoms with E-state index in [0.717, 1.165) is 16.7 Å². The van der Waals surface area contributed by atoms with Crippen LogP contribution < -0.4 is 5.32 Å². The Morgan fingerprint density at radius 2 is 1.79 bits per heavy atom. The van der Waals surface area contributed by atoms with Gasteiger partial charge in [0.1, 0.15) is 5.60 Å². The molecule has 2 aromatic rings. The number of esters is 1. The molecule has 0 unspecified atom stereocenters. The molecule has 0 atom stereocenters. The first-order chi connectivity index (χ1) is 11.5. The first-order valence-electron chi connectivity index (χ1n) is 7.81. The molecule has 1 aliphatic rings. The number of ether oxygens (including phenoxy) is 1. The largest absolute Gasteiger partial charge is 0.465 e.